The van der Waals surface area contributed by atoms with Crippen LogP contribution in [0.2, 0.25) is 0 Å². The maximum Gasteiger partial charge on any atom is 0.238 e. The van der Waals surface area contributed by atoms with E-state index >= 15 is 0 Å². The van der Waals surface area contributed by atoms with E-state index in [4.69, 9.17) is 14.6 Å². The summed E-state index contributed by atoms with van der Waals surface area (Å²) in [5.74, 6) is -0.139. The van der Waals surface area contributed by atoms with E-state index in [0.29, 0.717) is 25.2 Å². The summed E-state index contributed by atoms with van der Waals surface area (Å²) >= 11 is 0. The van der Waals surface area contributed by atoms with Crippen molar-refractivity contribution in [2.75, 3.05) is 19.8 Å². The predicted octanol–water partition coefficient (Wildman–Crippen LogP) is 1.49. The highest BCUT2D eigenvalue weighted by Gasteiger charge is 2.17. The number of primary sulfonamides is 1. The second-order valence-corrected chi connectivity index (χ2v) is 7.67. The smallest absolute Gasteiger partial charge is 0.238 e. The molecule has 140 valence electrons. The number of carbonyl (C=O) groups excluding carboxylic acids is 1. The molecule has 0 aliphatic carbocycles. The molecule has 2 rings (SSSR count). The summed E-state index contributed by atoms with van der Waals surface area (Å²) in [7, 11) is -3.77. The van der Waals surface area contributed by atoms with Gasteiger partial charge >= 0.3 is 0 Å². The van der Waals surface area contributed by atoms with Crippen molar-refractivity contribution in [2.24, 2.45) is 5.14 Å². The SMILES string of the molecule is CC[C@H](NC(=O)CCOC[C@H]1CCCO1)c1cccc(S(N)(=O)=O)c1. The summed E-state index contributed by atoms with van der Waals surface area (Å²) in [6, 6.07) is 6.06. The number of nitrogens with two attached hydrogens (primary N) is 1. The molecule has 1 aliphatic rings. The number of amides is 1. The van der Waals surface area contributed by atoms with Crippen LogP contribution in [0.4, 0.5) is 0 Å². The lowest BCUT2D eigenvalue weighted by atomic mass is 10.0. The Bertz CT molecular complexity index is 671. The van der Waals surface area contributed by atoms with Crippen molar-refractivity contribution >= 4 is 15.9 Å². The summed E-state index contributed by atoms with van der Waals surface area (Å²) in [5.41, 5.74) is 0.711. The van der Waals surface area contributed by atoms with Crippen molar-refractivity contribution in [2.45, 2.75) is 49.6 Å². The molecule has 1 aliphatic heterocycles. The van der Waals surface area contributed by atoms with Crippen LogP contribution in [-0.2, 0) is 24.3 Å². The Balaban J connectivity index is 1.83. The average Bonchev–Trinajstić information content (AvgIpc) is 3.09. The van der Waals surface area contributed by atoms with Crippen LogP contribution >= 0.6 is 0 Å². The van der Waals surface area contributed by atoms with Crippen LogP contribution in [0.15, 0.2) is 29.2 Å². The van der Waals surface area contributed by atoms with Crippen LogP contribution in [0.25, 0.3) is 0 Å². The van der Waals surface area contributed by atoms with Crippen molar-refractivity contribution in [1.29, 1.82) is 0 Å². The van der Waals surface area contributed by atoms with Gasteiger partial charge < -0.3 is 14.8 Å². The van der Waals surface area contributed by atoms with Gasteiger partial charge in [-0.15, -0.1) is 0 Å². The molecular weight excluding hydrogens is 344 g/mol. The fraction of sp³-hybridized carbons (Fsp3) is 0.588. The molecule has 1 amide bonds. The monoisotopic (exact) mass is 370 g/mol. The van der Waals surface area contributed by atoms with E-state index in [1.807, 2.05) is 6.92 Å². The van der Waals surface area contributed by atoms with E-state index in [1.54, 1.807) is 12.1 Å². The number of sulfonamides is 1. The fourth-order valence-corrected chi connectivity index (χ4v) is 3.32. The highest BCUT2D eigenvalue weighted by atomic mass is 32.2. The number of rotatable bonds is 9. The summed E-state index contributed by atoms with van der Waals surface area (Å²) in [4.78, 5) is 12.1. The lowest BCUT2D eigenvalue weighted by Gasteiger charge is -2.18. The fourth-order valence-electron chi connectivity index (χ4n) is 2.75. The maximum absolute atomic E-state index is 12.1. The Kier molecular flexibility index (Phi) is 7.37. The van der Waals surface area contributed by atoms with Crippen LogP contribution in [0, 0.1) is 0 Å². The Hall–Kier alpha value is -1.48. The lowest BCUT2D eigenvalue weighted by molar-refractivity contribution is -0.123. The normalized spacial score (nSPS) is 18.9. The first-order valence-electron chi connectivity index (χ1n) is 8.51. The molecule has 1 heterocycles. The first-order chi connectivity index (χ1) is 11.9. The average molecular weight is 370 g/mol. The van der Waals surface area contributed by atoms with Crippen molar-refractivity contribution < 1.29 is 22.7 Å². The number of benzene rings is 1. The Morgan fingerprint density at radius 3 is 2.92 bits per heavy atom. The molecule has 8 heteroatoms. The van der Waals surface area contributed by atoms with Gasteiger partial charge in [-0.25, -0.2) is 13.6 Å². The predicted molar refractivity (Wildman–Crippen MR) is 93.4 cm³/mol. The first-order valence-corrected chi connectivity index (χ1v) is 10.1. The van der Waals surface area contributed by atoms with E-state index in [2.05, 4.69) is 5.32 Å². The number of nitrogens with one attached hydrogen (secondary N) is 1. The quantitative estimate of drug-likeness (QED) is 0.640. The highest BCUT2D eigenvalue weighted by Crippen LogP contribution is 2.20. The van der Waals surface area contributed by atoms with Crippen LogP contribution in [0.1, 0.15) is 44.2 Å². The van der Waals surface area contributed by atoms with Gasteiger partial charge in [0, 0.05) is 13.0 Å². The van der Waals surface area contributed by atoms with Gasteiger partial charge in [0.05, 0.1) is 30.3 Å². The van der Waals surface area contributed by atoms with Crippen molar-refractivity contribution in [3.63, 3.8) is 0 Å². The standard InChI is InChI=1S/C17H26N2O5S/c1-2-16(13-5-3-7-15(11-13)25(18,21)22)19-17(20)8-10-23-12-14-6-4-9-24-14/h3,5,7,11,14,16H,2,4,6,8-10,12H2,1H3,(H,19,20)(H2,18,21,22)/t14-,16+/m1/s1. The molecule has 0 spiro atoms. The molecule has 1 saturated heterocycles. The van der Waals surface area contributed by atoms with Gasteiger partial charge in [0.2, 0.25) is 15.9 Å². The lowest BCUT2D eigenvalue weighted by Crippen LogP contribution is -2.29. The number of ether oxygens (including phenoxy) is 2. The topological polar surface area (TPSA) is 108 Å². The van der Waals surface area contributed by atoms with Gasteiger partial charge in [-0.05, 0) is 37.0 Å². The number of hydrogen-bond acceptors (Lipinski definition) is 5. The molecule has 0 saturated carbocycles. The summed E-state index contributed by atoms with van der Waals surface area (Å²) < 4.78 is 33.9. The molecule has 1 fully saturated rings. The van der Waals surface area contributed by atoms with Gasteiger partial charge in [0.15, 0.2) is 0 Å². The molecule has 25 heavy (non-hydrogen) atoms. The zero-order valence-electron chi connectivity index (χ0n) is 14.4. The minimum absolute atomic E-state index is 0.0394. The van der Waals surface area contributed by atoms with Crippen LogP contribution < -0.4 is 10.5 Å². The highest BCUT2D eigenvalue weighted by molar-refractivity contribution is 7.89. The summed E-state index contributed by atoms with van der Waals surface area (Å²) in [6.45, 7) is 3.55. The van der Waals surface area contributed by atoms with Gasteiger partial charge in [-0.1, -0.05) is 19.1 Å². The van der Waals surface area contributed by atoms with Crippen molar-refractivity contribution in [1.82, 2.24) is 5.32 Å². The maximum atomic E-state index is 12.1. The van der Waals surface area contributed by atoms with Crippen LogP contribution in [-0.4, -0.2) is 40.2 Å². The Morgan fingerprint density at radius 1 is 1.48 bits per heavy atom. The minimum atomic E-state index is -3.77. The molecule has 1 aromatic carbocycles. The molecule has 0 bridgehead atoms. The molecule has 3 N–H and O–H groups in total. The zero-order chi connectivity index (χ0) is 18.3. The Morgan fingerprint density at radius 2 is 2.28 bits per heavy atom. The largest absolute Gasteiger partial charge is 0.378 e. The molecular formula is C17H26N2O5S. The van der Waals surface area contributed by atoms with Crippen LogP contribution in [0.3, 0.4) is 0 Å². The molecule has 1 aromatic rings. The molecule has 2 atom stereocenters. The number of carbonyl (C=O) groups is 1. The minimum Gasteiger partial charge on any atom is -0.378 e. The summed E-state index contributed by atoms with van der Waals surface area (Å²) in [5, 5.41) is 8.06. The third kappa shape index (κ3) is 6.39. The van der Waals surface area contributed by atoms with E-state index < -0.39 is 10.0 Å². The van der Waals surface area contributed by atoms with E-state index in [9.17, 15) is 13.2 Å². The van der Waals surface area contributed by atoms with Gasteiger partial charge in [-0.3, -0.25) is 4.79 Å². The van der Waals surface area contributed by atoms with Gasteiger partial charge in [0.1, 0.15) is 0 Å². The summed E-state index contributed by atoms with van der Waals surface area (Å²) in [6.07, 6.45) is 3.09. The third-order valence-electron chi connectivity index (χ3n) is 4.13. The number of hydrogen-bond donors (Lipinski definition) is 2. The third-order valence-corrected chi connectivity index (χ3v) is 5.04. The zero-order valence-corrected chi connectivity index (χ0v) is 15.3. The second kappa shape index (κ2) is 9.28. The van der Waals surface area contributed by atoms with Crippen molar-refractivity contribution in [3.05, 3.63) is 29.8 Å². The molecule has 0 aromatic heterocycles. The van der Waals surface area contributed by atoms with Gasteiger partial charge in [-0.2, -0.15) is 0 Å². The Labute approximate surface area is 148 Å². The van der Waals surface area contributed by atoms with Gasteiger partial charge in [0.25, 0.3) is 0 Å². The van der Waals surface area contributed by atoms with Crippen LogP contribution in [0.5, 0.6) is 0 Å². The van der Waals surface area contributed by atoms with Crippen molar-refractivity contribution in [3.8, 4) is 0 Å². The first kappa shape index (κ1) is 19.8. The molecule has 0 radical (unpaired) electrons. The molecule has 7 nitrogen and oxygen atoms in total. The molecule has 0 unspecified atom stereocenters. The van der Waals surface area contributed by atoms with E-state index in [-0.39, 0.29) is 29.4 Å². The second-order valence-electron chi connectivity index (χ2n) is 6.11. The van der Waals surface area contributed by atoms with E-state index in [1.165, 1.54) is 12.1 Å². The van der Waals surface area contributed by atoms with E-state index in [0.717, 1.165) is 19.4 Å².